The second-order valence-electron chi connectivity index (χ2n) is 2.96. The number of hydrogen-bond acceptors (Lipinski definition) is 3. The van der Waals surface area contributed by atoms with Crippen LogP contribution in [0.2, 0.25) is 0 Å². The topological polar surface area (TPSA) is 80.4 Å². The van der Waals surface area contributed by atoms with Gasteiger partial charge >= 0.3 is 5.97 Å². The van der Waals surface area contributed by atoms with Gasteiger partial charge < -0.3 is 5.11 Å². The van der Waals surface area contributed by atoms with E-state index in [1.54, 1.807) is 0 Å². The molecular formula is C11H9NO4. The highest BCUT2D eigenvalue weighted by Gasteiger charge is 2.05. The molecule has 0 fully saturated rings. The quantitative estimate of drug-likeness (QED) is 0.364. The Hall–Kier alpha value is -2.43. The van der Waals surface area contributed by atoms with Gasteiger partial charge in [-0.1, -0.05) is 12.7 Å². The Morgan fingerprint density at radius 1 is 1.38 bits per heavy atom. The fourth-order valence-electron chi connectivity index (χ4n) is 1.08. The highest BCUT2D eigenvalue weighted by Crippen LogP contribution is 2.14. The third kappa shape index (κ3) is 2.78. The van der Waals surface area contributed by atoms with Crippen molar-refractivity contribution in [2.45, 2.75) is 0 Å². The molecule has 0 heterocycles. The summed E-state index contributed by atoms with van der Waals surface area (Å²) in [5, 5.41) is 19.1. The molecule has 0 unspecified atom stereocenters. The minimum absolute atomic E-state index is 0.0346. The molecule has 0 spiro atoms. The molecular weight excluding hydrogens is 210 g/mol. The first-order valence-corrected chi connectivity index (χ1v) is 4.36. The predicted molar refractivity (Wildman–Crippen MR) is 58.9 cm³/mol. The fourth-order valence-corrected chi connectivity index (χ4v) is 1.08. The monoisotopic (exact) mass is 219 g/mol. The smallest absolute Gasteiger partial charge is 0.335 e. The molecule has 0 amide bonds. The van der Waals surface area contributed by atoms with Crippen molar-refractivity contribution in [2.24, 2.45) is 0 Å². The highest BCUT2D eigenvalue weighted by atomic mass is 16.6. The molecule has 1 aromatic rings. The Morgan fingerprint density at radius 3 is 2.31 bits per heavy atom. The fraction of sp³-hybridized carbons (Fsp3) is 0. The predicted octanol–water partition coefficient (Wildman–Crippen LogP) is 2.25. The van der Waals surface area contributed by atoms with Gasteiger partial charge in [0.1, 0.15) is 0 Å². The summed E-state index contributed by atoms with van der Waals surface area (Å²) in [5.41, 5.74) is 0.574. The van der Waals surface area contributed by atoms with Crippen LogP contribution in [0.5, 0.6) is 0 Å². The van der Waals surface area contributed by atoms with Crippen molar-refractivity contribution >= 4 is 17.7 Å². The summed E-state index contributed by atoms with van der Waals surface area (Å²) in [6, 6.07) is 5.58. The summed E-state index contributed by atoms with van der Waals surface area (Å²) in [6.07, 6.45) is 2.60. The van der Waals surface area contributed by atoms with Crippen molar-refractivity contribution in [3.05, 3.63) is 58.2 Å². The van der Waals surface area contributed by atoms with E-state index in [1.807, 2.05) is 0 Å². The second-order valence-corrected chi connectivity index (χ2v) is 2.96. The molecule has 0 aliphatic rings. The van der Waals surface area contributed by atoms with E-state index in [2.05, 4.69) is 6.58 Å². The molecule has 5 nitrogen and oxygen atoms in total. The van der Waals surface area contributed by atoms with E-state index in [9.17, 15) is 14.9 Å². The van der Waals surface area contributed by atoms with Crippen LogP contribution in [0.3, 0.4) is 0 Å². The van der Waals surface area contributed by atoms with Crippen molar-refractivity contribution in [3.63, 3.8) is 0 Å². The lowest BCUT2D eigenvalue weighted by Gasteiger charge is -1.96. The maximum atomic E-state index is 10.7. The SMILES string of the molecule is C=CC(=Cc1ccc([N+](=O)[O-])cc1)C(=O)O. The number of benzene rings is 1. The Labute approximate surface area is 91.5 Å². The largest absolute Gasteiger partial charge is 0.478 e. The van der Waals surface area contributed by atoms with E-state index in [1.165, 1.54) is 36.4 Å². The first kappa shape index (κ1) is 11.6. The van der Waals surface area contributed by atoms with E-state index in [4.69, 9.17) is 5.11 Å². The average molecular weight is 219 g/mol. The van der Waals surface area contributed by atoms with Crippen LogP contribution in [0, 0.1) is 10.1 Å². The van der Waals surface area contributed by atoms with Crippen molar-refractivity contribution in [1.82, 2.24) is 0 Å². The minimum Gasteiger partial charge on any atom is -0.478 e. The zero-order chi connectivity index (χ0) is 12.1. The Balaban J connectivity index is 3.02. The summed E-state index contributed by atoms with van der Waals surface area (Å²) in [5.74, 6) is -1.09. The number of carbonyl (C=O) groups is 1. The molecule has 0 aromatic heterocycles. The van der Waals surface area contributed by atoms with Gasteiger partial charge in [0.05, 0.1) is 10.5 Å². The molecule has 16 heavy (non-hydrogen) atoms. The van der Waals surface area contributed by atoms with E-state index >= 15 is 0 Å². The zero-order valence-electron chi connectivity index (χ0n) is 8.29. The maximum absolute atomic E-state index is 10.7. The van der Waals surface area contributed by atoms with Gasteiger partial charge in [-0.05, 0) is 23.8 Å². The molecule has 1 aromatic carbocycles. The van der Waals surface area contributed by atoms with E-state index < -0.39 is 10.9 Å². The van der Waals surface area contributed by atoms with E-state index in [0.717, 1.165) is 0 Å². The highest BCUT2D eigenvalue weighted by molar-refractivity contribution is 5.95. The number of hydrogen-bond donors (Lipinski definition) is 1. The molecule has 0 aliphatic heterocycles. The van der Waals surface area contributed by atoms with Crippen molar-refractivity contribution in [1.29, 1.82) is 0 Å². The number of carboxylic acid groups (broad SMARTS) is 1. The van der Waals surface area contributed by atoms with E-state index in [-0.39, 0.29) is 11.3 Å². The molecule has 5 heteroatoms. The van der Waals surface area contributed by atoms with Crippen LogP contribution >= 0.6 is 0 Å². The van der Waals surface area contributed by atoms with Crippen molar-refractivity contribution in [3.8, 4) is 0 Å². The first-order chi connectivity index (χ1) is 7.54. The molecule has 0 bridgehead atoms. The molecule has 0 aliphatic carbocycles. The molecule has 1 N–H and O–H groups in total. The standard InChI is InChI=1S/C11H9NO4/c1-2-9(11(13)14)7-8-3-5-10(6-4-8)12(15)16/h2-7H,1H2,(H,13,14). The lowest BCUT2D eigenvalue weighted by atomic mass is 10.1. The van der Waals surface area contributed by atoms with Crippen molar-refractivity contribution < 1.29 is 14.8 Å². The van der Waals surface area contributed by atoms with Crippen LogP contribution in [-0.2, 0) is 4.79 Å². The third-order valence-corrected chi connectivity index (χ3v) is 1.89. The van der Waals surface area contributed by atoms with Crippen LogP contribution in [0.1, 0.15) is 5.56 Å². The van der Waals surface area contributed by atoms with Crippen LogP contribution in [-0.4, -0.2) is 16.0 Å². The summed E-state index contributed by atoms with van der Waals surface area (Å²) in [7, 11) is 0. The van der Waals surface area contributed by atoms with Gasteiger partial charge in [-0.3, -0.25) is 10.1 Å². The van der Waals surface area contributed by atoms with Gasteiger partial charge in [-0.2, -0.15) is 0 Å². The molecule has 1 rings (SSSR count). The normalized spacial score (nSPS) is 10.9. The minimum atomic E-state index is -1.09. The van der Waals surface area contributed by atoms with Crippen LogP contribution in [0.15, 0.2) is 42.5 Å². The van der Waals surface area contributed by atoms with Gasteiger partial charge in [0.2, 0.25) is 0 Å². The third-order valence-electron chi connectivity index (χ3n) is 1.89. The first-order valence-electron chi connectivity index (χ1n) is 4.36. The van der Waals surface area contributed by atoms with Crippen LogP contribution in [0.4, 0.5) is 5.69 Å². The summed E-state index contributed by atoms with van der Waals surface area (Å²) < 4.78 is 0. The Kier molecular flexibility index (Phi) is 3.55. The number of nitrogens with zero attached hydrogens (tertiary/aromatic N) is 1. The summed E-state index contributed by atoms with van der Waals surface area (Å²) in [6.45, 7) is 3.37. The number of rotatable bonds is 4. The summed E-state index contributed by atoms with van der Waals surface area (Å²) >= 11 is 0. The number of nitro groups is 1. The molecule has 82 valence electrons. The van der Waals surface area contributed by atoms with Gasteiger partial charge in [-0.15, -0.1) is 0 Å². The van der Waals surface area contributed by atoms with Crippen molar-refractivity contribution in [2.75, 3.05) is 0 Å². The Bertz CT molecular complexity index is 459. The van der Waals surface area contributed by atoms with Gasteiger partial charge in [0, 0.05) is 12.1 Å². The average Bonchev–Trinajstić information content (AvgIpc) is 2.26. The Morgan fingerprint density at radius 2 is 1.94 bits per heavy atom. The zero-order valence-corrected chi connectivity index (χ0v) is 8.29. The number of carboxylic acids is 1. The van der Waals surface area contributed by atoms with Gasteiger partial charge in [-0.25, -0.2) is 4.79 Å². The van der Waals surface area contributed by atoms with Crippen LogP contribution in [0.25, 0.3) is 6.08 Å². The molecule has 0 saturated carbocycles. The van der Waals surface area contributed by atoms with Gasteiger partial charge in [0.15, 0.2) is 0 Å². The maximum Gasteiger partial charge on any atom is 0.335 e. The second kappa shape index (κ2) is 4.88. The van der Waals surface area contributed by atoms with E-state index in [0.29, 0.717) is 5.56 Å². The molecule has 0 saturated heterocycles. The number of non-ortho nitro benzene ring substituents is 1. The number of aliphatic carboxylic acids is 1. The lowest BCUT2D eigenvalue weighted by Crippen LogP contribution is -1.96. The summed E-state index contributed by atoms with van der Waals surface area (Å²) in [4.78, 5) is 20.5. The lowest BCUT2D eigenvalue weighted by molar-refractivity contribution is -0.384. The van der Waals surface area contributed by atoms with Gasteiger partial charge in [0.25, 0.3) is 5.69 Å². The number of nitro benzene ring substituents is 1. The molecule has 0 atom stereocenters. The van der Waals surface area contributed by atoms with Crippen LogP contribution < -0.4 is 0 Å². The molecule has 0 radical (unpaired) electrons.